The second-order valence-electron chi connectivity index (χ2n) is 4.79. The Balaban J connectivity index is 2.36. The summed E-state index contributed by atoms with van der Waals surface area (Å²) in [7, 11) is -3.33. The van der Waals surface area contributed by atoms with E-state index in [0.29, 0.717) is 16.9 Å². The number of carbonyl (C=O) groups is 1. The summed E-state index contributed by atoms with van der Waals surface area (Å²) < 4.78 is 23.1. The van der Waals surface area contributed by atoms with E-state index in [9.17, 15) is 13.2 Å². The van der Waals surface area contributed by atoms with Crippen LogP contribution in [0.15, 0.2) is 47.4 Å². The van der Waals surface area contributed by atoms with Crippen molar-refractivity contribution in [3.8, 4) is 0 Å². The Morgan fingerprint density at radius 1 is 1.14 bits per heavy atom. The molecule has 0 bridgehead atoms. The van der Waals surface area contributed by atoms with E-state index in [0.717, 1.165) is 11.8 Å². The van der Waals surface area contributed by atoms with Gasteiger partial charge >= 0.3 is 0 Å². The van der Waals surface area contributed by atoms with Crippen LogP contribution in [0, 0.1) is 6.92 Å². The van der Waals surface area contributed by atoms with Gasteiger partial charge in [-0.3, -0.25) is 4.79 Å². The Morgan fingerprint density at radius 3 is 2.43 bits per heavy atom. The lowest BCUT2D eigenvalue weighted by atomic mass is 10.1. The van der Waals surface area contributed by atoms with Crippen LogP contribution in [0.25, 0.3) is 0 Å². The molecule has 5 nitrogen and oxygen atoms in total. The van der Waals surface area contributed by atoms with Crippen LogP contribution in [0.3, 0.4) is 0 Å². The van der Waals surface area contributed by atoms with Crippen molar-refractivity contribution in [3.05, 3.63) is 53.6 Å². The van der Waals surface area contributed by atoms with Gasteiger partial charge in [-0.25, -0.2) is 8.42 Å². The van der Waals surface area contributed by atoms with Gasteiger partial charge in [-0.05, 0) is 36.8 Å². The molecule has 1 amide bonds. The standard InChI is InChI=1S/C15H16N2O3S/c1-10-7-8-11(21(2,19)20)9-14(10)17-15(18)12-5-3-4-6-13(12)16/h3-9H,16H2,1-2H3,(H,17,18). The number of anilines is 2. The van der Waals surface area contributed by atoms with E-state index in [2.05, 4.69) is 5.32 Å². The first-order valence-electron chi connectivity index (χ1n) is 6.25. The SMILES string of the molecule is Cc1ccc(S(C)(=O)=O)cc1NC(=O)c1ccccc1N. The van der Waals surface area contributed by atoms with Crippen LogP contribution in [0.4, 0.5) is 11.4 Å². The van der Waals surface area contributed by atoms with Crippen LogP contribution in [0.5, 0.6) is 0 Å². The van der Waals surface area contributed by atoms with Gasteiger partial charge in [0.2, 0.25) is 0 Å². The van der Waals surface area contributed by atoms with Crippen molar-refractivity contribution in [1.29, 1.82) is 0 Å². The number of hydrogen-bond acceptors (Lipinski definition) is 4. The summed E-state index contributed by atoms with van der Waals surface area (Å²) >= 11 is 0. The van der Waals surface area contributed by atoms with Crippen LogP contribution >= 0.6 is 0 Å². The molecule has 0 aliphatic rings. The molecule has 0 heterocycles. The number of hydrogen-bond donors (Lipinski definition) is 2. The number of aryl methyl sites for hydroxylation is 1. The van der Waals surface area contributed by atoms with Crippen molar-refractivity contribution in [2.45, 2.75) is 11.8 Å². The summed E-state index contributed by atoms with van der Waals surface area (Å²) in [5, 5.41) is 2.70. The zero-order chi connectivity index (χ0) is 15.6. The van der Waals surface area contributed by atoms with Gasteiger partial charge in [-0.1, -0.05) is 18.2 Å². The molecule has 0 radical (unpaired) electrons. The number of nitrogen functional groups attached to an aromatic ring is 1. The minimum Gasteiger partial charge on any atom is -0.398 e. The lowest BCUT2D eigenvalue weighted by Gasteiger charge is -2.11. The third-order valence-electron chi connectivity index (χ3n) is 3.09. The normalized spacial score (nSPS) is 11.1. The van der Waals surface area contributed by atoms with Crippen LogP contribution in [0.2, 0.25) is 0 Å². The maximum absolute atomic E-state index is 12.2. The number of carbonyl (C=O) groups excluding carboxylic acids is 1. The predicted octanol–water partition coefficient (Wildman–Crippen LogP) is 2.23. The second kappa shape index (κ2) is 5.57. The Kier molecular flexibility index (Phi) is 3.99. The van der Waals surface area contributed by atoms with Crippen LogP contribution in [0.1, 0.15) is 15.9 Å². The van der Waals surface area contributed by atoms with Gasteiger partial charge in [0.05, 0.1) is 10.5 Å². The Morgan fingerprint density at radius 2 is 1.81 bits per heavy atom. The monoisotopic (exact) mass is 304 g/mol. The predicted molar refractivity (Wildman–Crippen MR) is 83.1 cm³/mol. The molecule has 0 unspecified atom stereocenters. The number of nitrogens with one attached hydrogen (secondary N) is 1. The Bertz CT molecular complexity index is 798. The topological polar surface area (TPSA) is 89.3 Å². The molecule has 2 rings (SSSR count). The van der Waals surface area contributed by atoms with E-state index in [1.807, 2.05) is 0 Å². The van der Waals surface area contributed by atoms with Crippen molar-refractivity contribution in [3.63, 3.8) is 0 Å². The third-order valence-corrected chi connectivity index (χ3v) is 4.20. The zero-order valence-corrected chi connectivity index (χ0v) is 12.6. The molecular weight excluding hydrogens is 288 g/mol. The van der Waals surface area contributed by atoms with E-state index >= 15 is 0 Å². The fraction of sp³-hybridized carbons (Fsp3) is 0.133. The molecular formula is C15H16N2O3S. The second-order valence-corrected chi connectivity index (χ2v) is 6.81. The average molecular weight is 304 g/mol. The molecule has 0 aliphatic heterocycles. The van der Waals surface area contributed by atoms with E-state index in [1.54, 1.807) is 37.3 Å². The summed E-state index contributed by atoms with van der Waals surface area (Å²) in [5.74, 6) is -0.373. The van der Waals surface area contributed by atoms with Crippen molar-refractivity contribution in [2.75, 3.05) is 17.3 Å². The van der Waals surface area contributed by atoms with Gasteiger partial charge in [0.15, 0.2) is 9.84 Å². The van der Waals surface area contributed by atoms with Gasteiger partial charge in [-0.15, -0.1) is 0 Å². The molecule has 0 saturated carbocycles. The largest absolute Gasteiger partial charge is 0.398 e. The fourth-order valence-corrected chi connectivity index (χ4v) is 2.51. The molecule has 0 fully saturated rings. The van der Waals surface area contributed by atoms with Crippen LogP contribution in [-0.4, -0.2) is 20.6 Å². The fourth-order valence-electron chi connectivity index (χ4n) is 1.86. The van der Waals surface area contributed by atoms with Gasteiger partial charge in [0, 0.05) is 17.6 Å². The van der Waals surface area contributed by atoms with Crippen LogP contribution < -0.4 is 11.1 Å². The molecule has 2 aromatic carbocycles. The molecule has 3 N–H and O–H groups in total. The van der Waals surface area contributed by atoms with Gasteiger partial charge < -0.3 is 11.1 Å². The highest BCUT2D eigenvalue weighted by atomic mass is 32.2. The lowest BCUT2D eigenvalue weighted by molar-refractivity contribution is 0.102. The first kappa shape index (κ1) is 15.1. The molecule has 0 aliphatic carbocycles. The number of rotatable bonds is 3. The minimum absolute atomic E-state index is 0.157. The number of benzene rings is 2. The maximum atomic E-state index is 12.2. The number of sulfone groups is 1. The minimum atomic E-state index is -3.33. The average Bonchev–Trinajstić information content (AvgIpc) is 2.40. The van der Waals surface area contributed by atoms with Crippen LogP contribution in [-0.2, 0) is 9.84 Å². The maximum Gasteiger partial charge on any atom is 0.257 e. The highest BCUT2D eigenvalue weighted by Crippen LogP contribution is 2.21. The van der Waals surface area contributed by atoms with E-state index < -0.39 is 9.84 Å². The highest BCUT2D eigenvalue weighted by Gasteiger charge is 2.13. The Hall–Kier alpha value is -2.34. The third kappa shape index (κ3) is 3.41. The number of nitrogens with two attached hydrogens (primary N) is 1. The van der Waals surface area contributed by atoms with Crippen molar-refractivity contribution < 1.29 is 13.2 Å². The smallest absolute Gasteiger partial charge is 0.257 e. The van der Waals surface area contributed by atoms with Crippen molar-refractivity contribution in [2.24, 2.45) is 0 Å². The molecule has 2 aromatic rings. The summed E-state index contributed by atoms with van der Waals surface area (Å²) in [6.07, 6.45) is 1.12. The zero-order valence-electron chi connectivity index (χ0n) is 11.8. The van der Waals surface area contributed by atoms with Gasteiger partial charge in [0.1, 0.15) is 0 Å². The summed E-state index contributed by atoms with van der Waals surface area (Å²) in [6.45, 7) is 1.79. The summed E-state index contributed by atoms with van der Waals surface area (Å²) in [6, 6.07) is 11.3. The lowest BCUT2D eigenvalue weighted by Crippen LogP contribution is -2.15. The van der Waals surface area contributed by atoms with Crippen molar-refractivity contribution >= 4 is 27.1 Å². The molecule has 6 heteroatoms. The number of para-hydroxylation sites is 1. The molecule has 0 aromatic heterocycles. The van der Waals surface area contributed by atoms with E-state index in [4.69, 9.17) is 5.73 Å². The molecule has 0 atom stereocenters. The summed E-state index contributed by atoms with van der Waals surface area (Å²) in [5.41, 5.74) is 7.69. The number of amides is 1. The first-order valence-corrected chi connectivity index (χ1v) is 8.15. The van der Waals surface area contributed by atoms with Crippen molar-refractivity contribution in [1.82, 2.24) is 0 Å². The quantitative estimate of drug-likeness (QED) is 0.851. The Labute approximate surface area is 123 Å². The van der Waals surface area contributed by atoms with Gasteiger partial charge in [-0.2, -0.15) is 0 Å². The molecule has 21 heavy (non-hydrogen) atoms. The first-order chi connectivity index (χ1) is 9.79. The highest BCUT2D eigenvalue weighted by molar-refractivity contribution is 7.90. The van der Waals surface area contributed by atoms with Gasteiger partial charge in [0.25, 0.3) is 5.91 Å². The summed E-state index contributed by atoms with van der Waals surface area (Å²) in [4.78, 5) is 12.4. The molecule has 0 saturated heterocycles. The van der Waals surface area contributed by atoms with E-state index in [1.165, 1.54) is 12.1 Å². The molecule has 110 valence electrons. The van der Waals surface area contributed by atoms with E-state index in [-0.39, 0.29) is 10.8 Å². The molecule has 0 spiro atoms.